The van der Waals surface area contributed by atoms with Gasteiger partial charge in [0.25, 0.3) is 11.7 Å². The average Bonchev–Trinajstić information content (AvgIpc) is 2.49. The molecule has 0 heterocycles. The molecule has 6 heteroatoms. The largest absolute Gasteiger partial charge is 0.355 e. The molecule has 116 valence electrons. The van der Waals surface area contributed by atoms with Crippen molar-refractivity contribution in [3.63, 3.8) is 0 Å². The van der Waals surface area contributed by atoms with Gasteiger partial charge in [-0.3, -0.25) is 4.79 Å². The van der Waals surface area contributed by atoms with E-state index in [0.717, 1.165) is 5.69 Å². The second-order valence-electron chi connectivity index (χ2n) is 4.43. The molecule has 0 aliphatic carbocycles. The number of anilines is 2. The van der Waals surface area contributed by atoms with Crippen LogP contribution in [0.1, 0.15) is 17.3 Å². The highest BCUT2D eigenvalue weighted by Crippen LogP contribution is 2.27. The number of rotatable bonds is 6. The second kappa shape index (κ2) is 7.79. The van der Waals surface area contributed by atoms with Gasteiger partial charge in [-0.15, -0.1) is 0 Å². The highest BCUT2D eigenvalue weighted by Gasteiger charge is 2.10. The first-order chi connectivity index (χ1) is 10.6. The molecule has 2 rings (SSSR count). The van der Waals surface area contributed by atoms with Crippen LogP contribution >= 0.6 is 11.8 Å². The van der Waals surface area contributed by atoms with Crippen molar-refractivity contribution in [3.05, 3.63) is 54.1 Å². The smallest absolute Gasteiger partial charge is 0.288 e. The second-order valence-corrected chi connectivity index (χ2v) is 5.50. The first-order valence-electron chi connectivity index (χ1n) is 6.79. The van der Waals surface area contributed by atoms with E-state index in [9.17, 15) is 13.6 Å². The molecule has 0 fully saturated rings. The Balaban J connectivity index is 2.15. The fourth-order valence-electron chi connectivity index (χ4n) is 1.92. The van der Waals surface area contributed by atoms with Crippen molar-refractivity contribution in [2.24, 2.45) is 0 Å². The lowest BCUT2D eigenvalue weighted by Crippen LogP contribution is -2.23. The van der Waals surface area contributed by atoms with Gasteiger partial charge in [-0.05, 0) is 43.3 Å². The van der Waals surface area contributed by atoms with Crippen LogP contribution in [0.2, 0.25) is 0 Å². The number of hydrogen-bond donors (Lipinski definition) is 2. The molecule has 0 aliphatic heterocycles. The summed E-state index contributed by atoms with van der Waals surface area (Å²) >= 11 is 0.503. The van der Waals surface area contributed by atoms with E-state index in [2.05, 4.69) is 10.6 Å². The lowest BCUT2D eigenvalue weighted by molar-refractivity contribution is 0.0956. The van der Waals surface area contributed by atoms with Crippen LogP contribution in [0, 0.1) is 0 Å². The molecule has 0 unspecified atom stereocenters. The Hall–Kier alpha value is -2.08. The highest BCUT2D eigenvalue weighted by atomic mass is 32.2. The van der Waals surface area contributed by atoms with Crippen LogP contribution in [0.3, 0.4) is 0 Å². The Kier molecular flexibility index (Phi) is 5.77. The standard InChI is InChI=1S/C16H16F2N2OS/c1-2-19-15(21)13-5-3-4-6-14(13)20-11-7-9-12(10-8-11)22-16(17)18/h3-10,16,20H,2H2,1H3,(H,19,21). The molecule has 22 heavy (non-hydrogen) atoms. The Morgan fingerprint density at radius 3 is 2.45 bits per heavy atom. The van der Waals surface area contributed by atoms with Crippen molar-refractivity contribution in [2.45, 2.75) is 17.6 Å². The molecular formula is C16H16F2N2OS. The van der Waals surface area contributed by atoms with E-state index in [4.69, 9.17) is 0 Å². The number of carbonyl (C=O) groups excluding carboxylic acids is 1. The van der Waals surface area contributed by atoms with Crippen molar-refractivity contribution in [2.75, 3.05) is 11.9 Å². The number of halogens is 2. The molecule has 0 spiro atoms. The molecule has 0 aromatic heterocycles. The summed E-state index contributed by atoms with van der Waals surface area (Å²) in [6.07, 6.45) is 0. The first-order valence-corrected chi connectivity index (χ1v) is 7.67. The van der Waals surface area contributed by atoms with Gasteiger partial charge >= 0.3 is 0 Å². The summed E-state index contributed by atoms with van der Waals surface area (Å²) < 4.78 is 24.6. The van der Waals surface area contributed by atoms with Crippen LogP contribution in [0.25, 0.3) is 0 Å². The number of carbonyl (C=O) groups is 1. The van der Waals surface area contributed by atoms with Crippen LogP contribution in [0.4, 0.5) is 20.2 Å². The van der Waals surface area contributed by atoms with Crippen molar-refractivity contribution < 1.29 is 13.6 Å². The van der Waals surface area contributed by atoms with Crippen LogP contribution in [-0.4, -0.2) is 18.2 Å². The van der Waals surface area contributed by atoms with Gasteiger partial charge in [0, 0.05) is 17.1 Å². The van der Waals surface area contributed by atoms with Crippen molar-refractivity contribution in [1.82, 2.24) is 5.32 Å². The van der Waals surface area contributed by atoms with E-state index in [1.165, 1.54) is 0 Å². The Bertz CT molecular complexity index is 632. The lowest BCUT2D eigenvalue weighted by Gasteiger charge is -2.12. The summed E-state index contributed by atoms with van der Waals surface area (Å²) in [4.78, 5) is 12.5. The summed E-state index contributed by atoms with van der Waals surface area (Å²) in [5.74, 6) is -2.59. The minimum absolute atomic E-state index is 0.157. The molecule has 0 saturated heterocycles. The lowest BCUT2D eigenvalue weighted by atomic mass is 10.1. The summed E-state index contributed by atoms with van der Waals surface area (Å²) in [7, 11) is 0. The predicted octanol–water partition coefficient (Wildman–Crippen LogP) is 4.49. The monoisotopic (exact) mass is 322 g/mol. The minimum Gasteiger partial charge on any atom is -0.355 e. The van der Waals surface area contributed by atoms with Gasteiger partial charge in [-0.2, -0.15) is 8.78 Å². The average molecular weight is 322 g/mol. The maximum Gasteiger partial charge on any atom is 0.288 e. The molecule has 2 aromatic carbocycles. The topological polar surface area (TPSA) is 41.1 Å². The van der Waals surface area contributed by atoms with E-state index in [0.29, 0.717) is 34.5 Å². The summed E-state index contributed by atoms with van der Waals surface area (Å²) in [5.41, 5.74) is 1.94. The molecule has 0 bridgehead atoms. The predicted molar refractivity (Wildman–Crippen MR) is 86.0 cm³/mol. The number of thioether (sulfide) groups is 1. The number of para-hydroxylation sites is 1. The first kappa shape index (κ1) is 16.3. The Morgan fingerprint density at radius 2 is 1.82 bits per heavy atom. The normalized spacial score (nSPS) is 10.5. The quantitative estimate of drug-likeness (QED) is 0.770. The van der Waals surface area contributed by atoms with Gasteiger partial charge in [0.15, 0.2) is 0 Å². The molecule has 0 atom stereocenters. The number of alkyl halides is 2. The third-order valence-electron chi connectivity index (χ3n) is 2.87. The number of hydrogen-bond acceptors (Lipinski definition) is 3. The van der Waals surface area contributed by atoms with E-state index in [-0.39, 0.29) is 5.91 Å². The van der Waals surface area contributed by atoms with Crippen LogP contribution in [0.5, 0.6) is 0 Å². The number of benzene rings is 2. The van der Waals surface area contributed by atoms with E-state index >= 15 is 0 Å². The molecule has 2 aromatic rings. The molecular weight excluding hydrogens is 306 g/mol. The molecule has 3 nitrogen and oxygen atoms in total. The van der Waals surface area contributed by atoms with Gasteiger partial charge in [0.1, 0.15) is 0 Å². The van der Waals surface area contributed by atoms with Crippen molar-refractivity contribution >= 4 is 29.0 Å². The zero-order valence-electron chi connectivity index (χ0n) is 12.0. The van der Waals surface area contributed by atoms with Crippen molar-refractivity contribution in [3.8, 4) is 0 Å². The summed E-state index contributed by atoms with van der Waals surface area (Å²) in [5, 5.41) is 5.89. The molecule has 0 aliphatic rings. The Labute approximate surface area is 132 Å². The maximum atomic E-state index is 12.3. The molecule has 0 radical (unpaired) electrons. The van der Waals surface area contributed by atoms with E-state index in [1.807, 2.05) is 13.0 Å². The third kappa shape index (κ3) is 4.46. The molecule has 2 N–H and O–H groups in total. The maximum absolute atomic E-state index is 12.3. The zero-order chi connectivity index (χ0) is 15.9. The van der Waals surface area contributed by atoms with Gasteiger partial charge in [-0.25, -0.2) is 0 Å². The minimum atomic E-state index is -2.43. The molecule has 0 saturated carbocycles. The van der Waals surface area contributed by atoms with Gasteiger partial charge in [-0.1, -0.05) is 23.9 Å². The van der Waals surface area contributed by atoms with E-state index < -0.39 is 5.76 Å². The zero-order valence-corrected chi connectivity index (χ0v) is 12.8. The van der Waals surface area contributed by atoms with Crippen LogP contribution < -0.4 is 10.6 Å². The van der Waals surface area contributed by atoms with Crippen LogP contribution in [0.15, 0.2) is 53.4 Å². The van der Waals surface area contributed by atoms with Crippen LogP contribution in [-0.2, 0) is 0 Å². The fourth-order valence-corrected chi connectivity index (χ4v) is 2.42. The van der Waals surface area contributed by atoms with Crippen molar-refractivity contribution in [1.29, 1.82) is 0 Å². The number of amides is 1. The van der Waals surface area contributed by atoms with Gasteiger partial charge in [0.2, 0.25) is 0 Å². The van der Waals surface area contributed by atoms with Gasteiger partial charge < -0.3 is 10.6 Å². The number of nitrogens with one attached hydrogen (secondary N) is 2. The van der Waals surface area contributed by atoms with Gasteiger partial charge in [0.05, 0.1) is 11.3 Å². The summed E-state index contributed by atoms with van der Waals surface area (Å²) in [6.45, 7) is 2.40. The Morgan fingerprint density at radius 1 is 1.14 bits per heavy atom. The van der Waals surface area contributed by atoms with E-state index in [1.54, 1.807) is 42.5 Å². The highest BCUT2D eigenvalue weighted by molar-refractivity contribution is 7.99. The summed E-state index contributed by atoms with van der Waals surface area (Å²) in [6, 6.07) is 13.8. The fraction of sp³-hybridized carbons (Fsp3) is 0.188. The molecule has 1 amide bonds. The third-order valence-corrected chi connectivity index (χ3v) is 3.59. The SMILES string of the molecule is CCNC(=O)c1ccccc1Nc1ccc(SC(F)F)cc1.